The summed E-state index contributed by atoms with van der Waals surface area (Å²) < 4.78 is 15.6. The summed E-state index contributed by atoms with van der Waals surface area (Å²) in [5, 5.41) is 10.4. The first kappa shape index (κ1) is 18.4. The number of amides is 1. The summed E-state index contributed by atoms with van der Waals surface area (Å²) in [7, 11) is 1.60. The molecule has 0 bridgehead atoms. The van der Waals surface area contributed by atoms with Crippen LogP contribution < -0.4 is 14.8 Å². The van der Waals surface area contributed by atoms with E-state index in [0.29, 0.717) is 11.4 Å². The second-order valence-corrected chi connectivity index (χ2v) is 6.30. The molecule has 0 fully saturated rings. The number of ether oxygens (including phenoxy) is 2. The van der Waals surface area contributed by atoms with E-state index in [1.165, 1.54) is 0 Å². The maximum absolute atomic E-state index is 12.3. The van der Waals surface area contributed by atoms with Gasteiger partial charge >= 0.3 is 0 Å². The first-order valence-electron chi connectivity index (χ1n) is 8.45. The van der Waals surface area contributed by atoms with Crippen molar-refractivity contribution in [2.24, 2.45) is 0 Å². The number of nitrogens with zero attached hydrogens (tertiary/aromatic N) is 2. The fraction of sp³-hybridized carbons (Fsp3) is 0.250. The van der Waals surface area contributed by atoms with Crippen LogP contribution in [0.2, 0.25) is 0 Å². The minimum Gasteiger partial charge on any atom is -0.497 e. The van der Waals surface area contributed by atoms with Gasteiger partial charge in [-0.25, -0.2) is 4.63 Å². The summed E-state index contributed by atoms with van der Waals surface area (Å²) >= 11 is 0. The number of nitrogens with one attached hydrogen (secondary N) is 1. The number of hydrogen-bond donors (Lipinski definition) is 1. The summed E-state index contributed by atoms with van der Waals surface area (Å²) in [6.45, 7) is 5.73. The average Bonchev–Trinajstić information content (AvgIpc) is 3.06. The van der Waals surface area contributed by atoms with Gasteiger partial charge < -0.3 is 14.8 Å². The Morgan fingerprint density at radius 1 is 1.04 bits per heavy atom. The van der Waals surface area contributed by atoms with Crippen LogP contribution in [0.5, 0.6) is 11.5 Å². The van der Waals surface area contributed by atoms with Gasteiger partial charge in [0, 0.05) is 5.56 Å². The molecule has 27 heavy (non-hydrogen) atoms. The summed E-state index contributed by atoms with van der Waals surface area (Å²) in [6, 6.07) is 11.3. The van der Waals surface area contributed by atoms with E-state index in [4.69, 9.17) is 14.1 Å². The molecule has 1 aromatic heterocycles. The van der Waals surface area contributed by atoms with Gasteiger partial charge in [0.1, 0.15) is 11.5 Å². The molecule has 1 N–H and O–H groups in total. The molecule has 2 aromatic carbocycles. The molecule has 0 spiro atoms. The third-order valence-corrected chi connectivity index (χ3v) is 4.00. The lowest BCUT2D eigenvalue weighted by Gasteiger charge is -2.09. The lowest BCUT2D eigenvalue weighted by Crippen LogP contribution is -2.20. The Hall–Kier alpha value is -3.35. The Morgan fingerprint density at radius 3 is 2.44 bits per heavy atom. The number of methoxy groups -OCH3 is 1. The molecule has 7 nitrogen and oxygen atoms in total. The van der Waals surface area contributed by atoms with Crippen LogP contribution in [0.15, 0.2) is 41.0 Å². The Kier molecular flexibility index (Phi) is 5.40. The molecule has 1 amide bonds. The highest BCUT2D eigenvalue weighted by molar-refractivity contribution is 5.94. The molecular weight excluding hydrogens is 346 g/mol. The molecule has 7 heteroatoms. The number of carbonyl (C=O) groups is 1. The summed E-state index contributed by atoms with van der Waals surface area (Å²) in [6.07, 6.45) is 0. The van der Waals surface area contributed by atoms with Crippen molar-refractivity contribution in [2.75, 3.05) is 19.0 Å². The number of carbonyl (C=O) groups excluding carboxylic acids is 1. The van der Waals surface area contributed by atoms with Crippen molar-refractivity contribution < 1.29 is 18.9 Å². The van der Waals surface area contributed by atoms with Crippen molar-refractivity contribution in [1.29, 1.82) is 0 Å². The second-order valence-electron chi connectivity index (χ2n) is 6.30. The van der Waals surface area contributed by atoms with Crippen LogP contribution in [0.3, 0.4) is 0 Å². The minimum atomic E-state index is -0.350. The van der Waals surface area contributed by atoms with E-state index < -0.39 is 0 Å². The highest BCUT2D eigenvalue weighted by Gasteiger charge is 2.17. The molecule has 0 unspecified atom stereocenters. The minimum absolute atomic E-state index is 0.142. The van der Waals surface area contributed by atoms with Crippen LogP contribution in [0, 0.1) is 20.8 Å². The third kappa shape index (κ3) is 4.44. The maximum atomic E-state index is 12.3. The molecule has 0 saturated carbocycles. The van der Waals surface area contributed by atoms with E-state index in [2.05, 4.69) is 15.6 Å². The Labute approximate surface area is 157 Å². The molecule has 140 valence electrons. The van der Waals surface area contributed by atoms with Gasteiger partial charge in [0.25, 0.3) is 5.91 Å². The van der Waals surface area contributed by atoms with Gasteiger partial charge in [-0.15, -0.1) is 0 Å². The van der Waals surface area contributed by atoms with Gasteiger partial charge in [0.2, 0.25) is 5.82 Å². The Morgan fingerprint density at radius 2 is 1.78 bits per heavy atom. The smallest absolute Gasteiger partial charge is 0.263 e. The molecule has 0 aliphatic heterocycles. The number of anilines is 1. The van der Waals surface area contributed by atoms with Crippen molar-refractivity contribution in [3.8, 4) is 22.8 Å². The predicted octanol–water partition coefficient (Wildman–Crippen LogP) is 3.69. The predicted molar refractivity (Wildman–Crippen MR) is 101 cm³/mol. The van der Waals surface area contributed by atoms with Crippen LogP contribution in [0.25, 0.3) is 11.3 Å². The van der Waals surface area contributed by atoms with Crippen LogP contribution >= 0.6 is 0 Å². The molecule has 3 aromatic rings. The number of hydrogen-bond acceptors (Lipinski definition) is 6. The standard InChI is InChI=1S/C20H21N3O4/c1-12-7-13(2)9-16(8-12)26-11-18(24)21-20-19(22-27-23-20)17-6-5-15(25-4)10-14(17)3/h5-10H,11H2,1-4H3,(H,21,23,24). The summed E-state index contributed by atoms with van der Waals surface area (Å²) in [5.41, 5.74) is 4.32. The zero-order valence-electron chi connectivity index (χ0n) is 15.7. The SMILES string of the molecule is COc1ccc(-c2nonc2NC(=O)COc2cc(C)cc(C)c2)c(C)c1. The van der Waals surface area contributed by atoms with Gasteiger partial charge in [-0.05, 0) is 78.1 Å². The second kappa shape index (κ2) is 7.90. The number of rotatable bonds is 6. The van der Waals surface area contributed by atoms with Crippen LogP contribution in [-0.4, -0.2) is 29.9 Å². The van der Waals surface area contributed by atoms with Crippen LogP contribution in [0.1, 0.15) is 16.7 Å². The van der Waals surface area contributed by atoms with E-state index in [-0.39, 0.29) is 18.3 Å². The van der Waals surface area contributed by atoms with Crippen LogP contribution in [0.4, 0.5) is 5.82 Å². The van der Waals surface area contributed by atoms with Gasteiger partial charge in [-0.2, -0.15) is 0 Å². The molecule has 0 radical (unpaired) electrons. The third-order valence-electron chi connectivity index (χ3n) is 4.00. The van der Waals surface area contributed by atoms with E-state index in [1.807, 2.05) is 57.2 Å². The lowest BCUT2D eigenvalue weighted by molar-refractivity contribution is -0.118. The van der Waals surface area contributed by atoms with Crippen molar-refractivity contribution in [2.45, 2.75) is 20.8 Å². The zero-order chi connectivity index (χ0) is 19.4. The Bertz CT molecular complexity index is 945. The largest absolute Gasteiger partial charge is 0.497 e. The topological polar surface area (TPSA) is 86.5 Å². The van der Waals surface area contributed by atoms with Gasteiger partial charge in [-0.3, -0.25) is 4.79 Å². The highest BCUT2D eigenvalue weighted by Crippen LogP contribution is 2.29. The zero-order valence-corrected chi connectivity index (χ0v) is 15.7. The van der Waals surface area contributed by atoms with Gasteiger partial charge in [-0.1, -0.05) is 6.07 Å². The lowest BCUT2D eigenvalue weighted by atomic mass is 10.1. The van der Waals surface area contributed by atoms with Crippen molar-refractivity contribution >= 4 is 11.7 Å². The van der Waals surface area contributed by atoms with E-state index in [1.54, 1.807) is 7.11 Å². The normalized spacial score (nSPS) is 10.5. The van der Waals surface area contributed by atoms with E-state index in [0.717, 1.165) is 28.0 Å². The fourth-order valence-corrected chi connectivity index (χ4v) is 2.81. The highest BCUT2D eigenvalue weighted by atomic mass is 16.6. The molecule has 0 aliphatic carbocycles. The van der Waals surface area contributed by atoms with Crippen molar-refractivity contribution in [3.05, 3.63) is 53.1 Å². The molecule has 0 aliphatic rings. The fourth-order valence-electron chi connectivity index (χ4n) is 2.81. The quantitative estimate of drug-likeness (QED) is 0.715. The monoisotopic (exact) mass is 367 g/mol. The molecule has 3 rings (SSSR count). The Balaban J connectivity index is 1.70. The molecular formula is C20H21N3O4. The van der Waals surface area contributed by atoms with Crippen LogP contribution in [-0.2, 0) is 4.79 Å². The van der Waals surface area contributed by atoms with Crippen molar-refractivity contribution in [3.63, 3.8) is 0 Å². The number of aromatic nitrogens is 2. The van der Waals surface area contributed by atoms with E-state index in [9.17, 15) is 4.79 Å². The molecule has 0 saturated heterocycles. The van der Waals surface area contributed by atoms with E-state index >= 15 is 0 Å². The van der Waals surface area contributed by atoms with Crippen molar-refractivity contribution in [1.82, 2.24) is 10.3 Å². The van der Waals surface area contributed by atoms with Gasteiger partial charge in [0.15, 0.2) is 12.3 Å². The molecule has 1 heterocycles. The average molecular weight is 367 g/mol. The molecule has 0 atom stereocenters. The maximum Gasteiger partial charge on any atom is 0.263 e. The summed E-state index contributed by atoms with van der Waals surface area (Å²) in [5.74, 6) is 1.28. The number of benzene rings is 2. The van der Waals surface area contributed by atoms with Gasteiger partial charge in [0.05, 0.1) is 7.11 Å². The first-order chi connectivity index (χ1) is 13.0. The number of aryl methyl sites for hydroxylation is 3. The first-order valence-corrected chi connectivity index (χ1v) is 8.45. The summed E-state index contributed by atoms with van der Waals surface area (Å²) in [4.78, 5) is 12.3.